The zero-order chi connectivity index (χ0) is 22.7. The summed E-state index contributed by atoms with van der Waals surface area (Å²) in [5.41, 5.74) is 8.36. The summed E-state index contributed by atoms with van der Waals surface area (Å²) in [6.07, 6.45) is 6.08. The highest BCUT2D eigenvalue weighted by Gasteiger charge is 2.22. The van der Waals surface area contributed by atoms with Crippen LogP contribution in [-0.4, -0.2) is 37.5 Å². The minimum Gasteiger partial charge on any atom is -0.443 e. The van der Waals surface area contributed by atoms with Gasteiger partial charge in [-0.25, -0.2) is 15.0 Å². The second-order valence-electron chi connectivity index (χ2n) is 6.79. The van der Waals surface area contributed by atoms with E-state index >= 15 is 0 Å². The molecular weight excluding hydrogens is 412 g/mol. The molecule has 0 aliphatic heterocycles. The maximum absolute atomic E-state index is 12.9. The topological polar surface area (TPSA) is 154 Å². The van der Waals surface area contributed by atoms with Gasteiger partial charge in [0.15, 0.2) is 17.2 Å². The molecule has 1 amide bonds. The van der Waals surface area contributed by atoms with Crippen molar-refractivity contribution in [3.8, 4) is 22.8 Å². The minimum atomic E-state index is -0.521. The van der Waals surface area contributed by atoms with E-state index in [1.165, 1.54) is 23.1 Å². The van der Waals surface area contributed by atoms with Crippen molar-refractivity contribution in [3.63, 3.8) is 0 Å². The third kappa shape index (κ3) is 4.03. The summed E-state index contributed by atoms with van der Waals surface area (Å²) >= 11 is 0. The highest BCUT2D eigenvalue weighted by Crippen LogP contribution is 2.29. The Morgan fingerprint density at radius 1 is 1.16 bits per heavy atom. The molecule has 0 spiro atoms. The van der Waals surface area contributed by atoms with Gasteiger partial charge in [0.25, 0.3) is 5.91 Å². The fourth-order valence-electron chi connectivity index (χ4n) is 3.09. The first-order valence-corrected chi connectivity index (χ1v) is 9.62. The molecule has 32 heavy (non-hydrogen) atoms. The van der Waals surface area contributed by atoms with Gasteiger partial charge in [0.1, 0.15) is 12.0 Å². The number of anilines is 2. The normalized spacial score (nSPS) is 10.7. The number of rotatable bonds is 6. The van der Waals surface area contributed by atoms with Crippen molar-refractivity contribution in [1.82, 2.24) is 29.8 Å². The molecule has 0 saturated heterocycles. The molecule has 162 valence electrons. The van der Waals surface area contributed by atoms with E-state index in [1.807, 2.05) is 6.07 Å². The van der Waals surface area contributed by atoms with E-state index in [0.29, 0.717) is 17.0 Å². The molecule has 4 N–H and O–H groups in total. The first kappa shape index (κ1) is 20.7. The number of carbonyl (C=O) groups is 1. The number of pyridine rings is 2. The number of nitrogens with two attached hydrogens (primary N) is 1. The number of carbonyl (C=O) groups excluding carboxylic acids is 1. The predicted octanol–water partition coefficient (Wildman–Crippen LogP) is 1.45. The Hall–Kier alpha value is -4.54. The molecule has 0 aromatic carbocycles. The van der Waals surface area contributed by atoms with Crippen molar-refractivity contribution in [3.05, 3.63) is 70.9 Å². The second-order valence-corrected chi connectivity index (χ2v) is 6.79. The zero-order valence-electron chi connectivity index (χ0n) is 17.4. The maximum Gasteiger partial charge on any atom is 0.274 e. The van der Waals surface area contributed by atoms with Gasteiger partial charge in [0.05, 0.1) is 24.1 Å². The van der Waals surface area contributed by atoms with E-state index in [1.54, 1.807) is 38.6 Å². The number of nitrogen functional groups attached to an aromatic ring is 1. The molecule has 0 atom stereocenters. The highest BCUT2D eigenvalue weighted by molar-refractivity contribution is 5.97. The average Bonchev–Trinajstić information content (AvgIpc) is 3.34. The number of oxazole rings is 1. The highest BCUT2D eigenvalue weighted by atomic mass is 16.3. The van der Waals surface area contributed by atoms with Gasteiger partial charge < -0.3 is 25.4 Å². The monoisotopic (exact) mass is 432 g/mol. The number of aromatic nitrogens is 5. The summed E-state index contributed by atoms with van der Waals surface area (Å²) in [7, 11) is 3.38. The van der Waals surface area contributed by atoms with Gasteiger partial charge >= 0.3 is 0 Å². The second kappa shape index (κ2) is 8.68. The van der Waals surface area contributed by atoms with Crippen LogP contribution >= 0.6 is 0 Å². The largest absolute Gasteiger partial charge is 0.443 e. The van der Waals surface area contributed by atoms with E-state index < -0.39 is 5.91 Å². The lowest BCUT2D eigenvalue weighted by molar-refractivity contribution is 0.0946. The Labute approximate surface area is 182 Å². The summed E-state index contributed by atoms with van der Waals surface area (Å²) in [6, 6.07) is 6.63. The van der Waals surface area contributed by atoms with Crippen LogP contribution in [0.4, 0.5) is 11.5 Å². The maximum atomic E-state index is 12.9. The number of hydrogen-bond acceptors (Lipinski definition) is 9. The van der Waals surface area contributed by atoms with Crippen molar-refractivity contribution in [1.29, 1.82) is 0 Å². The van der Waals surface area contributed by atoms with E-state index in [2.05, 4.69) is 30.6 Å². The molecule has 0 saturated carbocycles. The van der Waals surface area contributed by atoms with E-state index in [4.69, 9.17) is 10.2 Å². The third-order valence-electron chi connectivity index (χ3n) is 4.71. The summed E-state index contributed by atoms with van der Waals surface area (Å²) < 4.78 is 6.76. The van der Waals surface area contributed by atoms with Crippen molar-refractivity contribution < 1.29 is 9.21 Å². The molecule has 4 aromatic heterocycles. The molecule has 11 heteroatoms. The van der Waals surface area contributed by atoms with Gasteiger partial charge in [-0.15, -0.1) is 0 Å². The summed E-state index contributed by atoms with van der Waals surface area (Å²) in [5, 5.41) is 5.79. The lowest BCUT2D eigenvalue weighted by Gasteiger charge is -2.12. The van der Waals surface area contributed by atoms with Crippen LogP contribution in [0.5, 0.6) is 0 Å². The van der Waals surface area contributed by atoms with Gasteiger partial charge in [-0.2, -0.15) is 0 Å². The van der Waals surface area contributed by atoms with Crippen LogP contribution in [0.25, 0.3) is 22.8 Å². The van der Waals surface area contributed by atoms with Crippen LogP contribution < -0.4 is 21.9 Å². The fraction of sp³-hybridized carbons (Fsp3) is 0.143. The van der Waals surface area contributed by atoms with Crippen molar-refractivity contribution in [2.45, 2.75) is 6.54 Å². The zero-order valence-corrected chi connectivity index (χ0v) is 17.4. The fourth-order valence-corrected chi connectivity index (χ4v) is 3.09. The first-order chi connectivity index (χ1) is 15.5. The van der Waals surface area contributed by atoms with Crippen LogP contribution in [0.3, 0.4) is 0 Å². The van der Waals surface area contributed by atoms with Gasteiger partial charge in [0, 0.05) is 38.1 Å². The van der Waals surface area contributed by atoms with Crippen LogP contribution in [0.2, 0.25) is 0 Å². The molecule has 4 heterocycles. The Balaban J connectivity index is 1.73. The quantitative estimate of drug-likeness (QED) is 0.410. The molecule has 0 bridgehead atoms. The molecular formula is C21H20N8O3. The van der Waals surface area contributed by atoms with E-state index in [-0.39, 0.29) is 35.2 Å². The first-order valence-electron chi connectivity index (χ1n) is 9.62. The Kier molecular flexibility index (Phi) is 5.62. The van der Waals surface area contributed by atoms with Crippen molar-refractivity contribution in [2.24, 2.45) is 7.05 Å². The van der Waals surface area contributed by atoms with Crippen LogP contribution in [0.15, 0.2) is 58.3 Å². The number of aryl methyl sites for hydroxylation is 1. The number of nitrogens with zero attached hydrogens (tertiary/aromatic N) is 5. The molecule has 4 aromatic rings. The van der Waals surface area contributed by atoms with Gasteiger partial charge in [-0.05, 0) is 18.2 Å². The third-order valence-corrected chi connectivity index (χ3v) is 4.71. The van der Waals surface area contributed by atoms with E-state index in [9.17, 15) is 9.59 Å². The number of nitrogens with one attached hydrogen (secondary N) is 2. The summed E-state index contributed by atoms with van der Waals surface area (Å²) in [5.74, 6) is -0.418. The molecule has 0 radical (unpaired) electrons. The van der Waals surface area contributed by atoms with Gasteiger partial charge in [-0.1, -0.05) is 0 Å². The Morgan fingerprint density at radius 2 is 2.00 bits per heavy atom. The number of hydrogen-bond donors (Lipinski definition) is 3. The lowest BCUT2D eigenvalue weighted by Crippen LogP contribution is -2.26. The smallest absolute Gasteiger partial charge is 0.274 e. The van der Waals surface area contributed by atoms with Crippen molar-refractivity contribution in [2.75, 3.05) is 18.1 Å². The lowest BCUT2D eigenvalue weighted by atomic mass is 10.1. The molecule has 0 aliphatic rings. The summed E-state index contributed by atoms with van der Waals surface area (Å²) in [4.78, 5) is 41.9. The Morgan fingerprint density at radius 3 is 2.72 bits per heavy atom. The van der Waals surface area contributed by atoms with Crippen LogP contribution in [-0.2, 0) is 13.6 Å². The Bertz CT molecular complexity index is 1330. The van der Waals surface area contributed by atoms with E-state index in [0.717, 1.165) is 5.69 Å². The van der Waals surface area contributed by atoms with Crippen LogP contribution in [0.1, 0.15) is 16.2 Å². The summed E-state index contributed by atoms with van der Waals surface area (Å²) in [6.45, 7) is 0.160. The van der Waals surface area contributed by atoms with Gasteiger partial charge in [0.2, 0.25) is 11.4 Å². The van der Waals surface area contributed by atoms with Gasteiger partial charge in [-0.3, -0.25) is 14.6 Å². The molecule has 0 aliphatic carbocycles. The molecule has 0 fully saturated rings. The minimum absolute atomic E-state index is 0.0638. The van der Waals surface area contributed by atoms with Crippen LogP contribution in [0, 0.1) is 0 Å². The van der Waals surface area contributed by atoms with Crippen molar-refractivity contribution >= 4 is 17.4 Å². The SMILES string of the molecule is CNc1cccnc1CNC(=O)c1nc(-c2ccc(=O)n(C)c2)c(-c2ncco2)nc1N. The molecule has 4 rings (SSSR count). The molecule has 11 nitrogen and oxygen atoms in total. The predicted molar refractivity (Wildman–Crippen MR) is 118 cm³/mol. The number of amides is 1. The molecule has 0 unspecified atom stereocenters. The average molecular weight is 432 g/mol. The standard InChI is InChI=1S/C21H20N8O3/c1-23-13-4-3-7-24-14(13)10-26-20(31)18-19(22)28-17(21-25-8-9-32-21)16(27-18)12-5-6-15(30)29(2)11-12/h3-9,11,23H,10H2,1-2H3,(H2,22,28)(H,26,31).